The molecule has 0 saturated heterocycles. The number of nitrogen functional groups attached to an aromatic ring is 1. The maximum absolute atomic E-state index is 15.3. The molecule has 5 aromatic rings. The Morgan fingerprint density at radius 2 is 1.53 bits per heavy atom. The van der Waals surface area contributed by atoms with Crippen molar-refractivity contribution in [3.63, 3.8) is 0 Å². The van der Waals surface area contributed by atoms with Gasteiger partial charge in [-0.05, 0) is 53.8 Å². The van der Waals surface area contributed by atoms with E-state index in [4.69, 9.17) is 16.5 Å². The molecule has 0 fully saturated rings. The minimum Gasteiger partial charge on any atom is -0.394 e. The normalized spacial score (nSPS) is 15.1. The highest BCUT2D eigenvalue weighted by Crippen LogP contribution is 2.43. The molecule has 4 N–H and O–H groups in total. The summed E-state index contributed by atoms with van der Waals surface area (Å²) in [7, 11) is 0. The van der Waals surface area contributed by atoms with Crippen LogP contribution in [-0.4, -0.2) is 10.7 Å². The van der Waals surface area contributed by atoms with Gasteiger partial charge in [-0.25, -0.2) is 22.6 Å². The first kappa shape index (κ1) is 27.7. The Labute approximate surface area is 249 Å². The Kier molecular flexibility index (Phi) is 6.95. The number of hydrogen-bond acceptors (Lipinski definition) is 7. The molecule has 43 heavy (non-hydrogen) atoms. The average molecular weight is 589 g/mol. The van der Waals surface area contributed by atoms with E-state index in [-0.39, 0.29) is 5.56 Å². The quantitative estimate of drug-likeness (QED) is 0.152. The van der Waals surface area contributed by atoms with Crippen LogP contribution in [0, 0.1) is 40.1 Å². The SMILES string of the molecule is N#Cc1ccc(-c2nc3cc(-c4c(F)c(N)c(F)c(C#N)c4F)ccc3c3c2C=C(c2ccccc2)/C(=N/S)C3N)cc1. The van der Waals surface area contributed by atoms with Crippen molar-refractivity contribution < 1.29 is 13.2 Å². The number of nitriles is 2. The molecule has 0 amide bonds. The van der Waals surface area contributed by atoms with E-state index in [1.807, 2.05) is 36.4 Å². The first-order valence-corrected chi connectivity index (χ1v) is 13.3. The van der Waals surface area contributed by atoms with Gasteiger partial charge in [0.2, 0.25) is 0 Å². The number of halogens is 3. The monoisotopic (exact) mass is 588 g/mol. The van der Waals surface area contributed by atoms with Crippen LogP contribution in [0.15, 0.2) is 77.2 Å². The summed E-state index contributed by atoms with van der Waals surface area (Å²) in [5.41, 5.74) is 15.2. The zero-order chi connectivity index (χ0) is 30.4. The number of pyridine rings is 1. The third kappa shape index (κ3) is 4.41. The van der Waals surface area contributed by atoms with Gasteiger partial charge < -0.3 is 11.5 Å². The molecule has 0 radical (unpaired) electrons. The number of hydrogen-bond donors (Lipinski definition) is 3. The lowest BCUT2D eigenvalue weighted by atomic mass is 9.80. The van der Waals surface area contributed by atoms with Crippen LogP contribution >= 0.6 is 12.8 Å². The van der Waals surface area contributed by atoms with E-state index in [0.717, 1.165) is 11.1 Å². The Balaban J connectivity index is 1.69. The molecule has 0 aliphatic heterocycles. The van der Waals surface area contributed by atoms with Crippen molar-refractivity contribution >= 4 is 46.8 Å². The summed E-state index contributed by atoms with van der Waals surface area (Å²) in [6.07, 6.45) is 1.93. The van der Waals surface area contributed by atoms with Gasteiger partial charge in [0.1, 0.15) is 17.3 Å². The summed E-state index contributed by atoms with van der Waals surface area (Å²) in [5, 5.41) is 19.2. The van der Waals surface area contributed by atoms with Crippen LogP contribution in [0.2, 0.25) is 0 Å². The lowest BCUT2D eigenvalue weighted by molar-refractivity contribution is 0.549. The predicted octanol–water partition coefficient (Wildman–Crippen LogP) is 7.15. The Morgan fingerprint density at radius 1 is 0.837 bits per heavy atom. The van der Waals surface area contributed by atoms with Crippen LogP contribution < -0.4 is 11.5 Å². The molecule has 1 aliphatic carbocycles. The number of fused-ring (bicyclic) bond motifs is 3. The molecule has 10 heteroatoms. The number of anilines is 1. The van der Waals surface area contributed by atoms with E-state index in [2.05, 4.69) is 23.3 Å². The van der Waals surface area contributed by atoms with E-state index in [1.165, 1.54) is 18.2 Å². The summed E-state index contributed by atoms with van der Waals surface area (Å²) in [4.78, 5) is 4.90. The second-order valence-electron chi connectivity index (χ2n) is 9.81. The van der Waals surface area contributed by atoms with Gasteiger partial charge in [0.25, 0.3) is 0 Å². The van der Waals surface area contributed by atoms with Gasteiger partial charge >= 0.3 is 0 Å². The van der Waals surface area contributed by atoms with Crippen molar-refractivity contribution in [2.45, 2.75) is 6.04 Å². The molecule has 0 spiro atoms. The molecule has 1 heterocycles. The Morgan fingerprint density at radius 3 is 2.19 bits per heavy atom. The first-order valence-electron chi connectivity index (χ1n) is 12.9. The summed E-state index contributed by atoms with van der Waals surface area (Å²) in [6.45, 7) is 0. The lowest BCUT2D eigenvalue weighted by Crippen LogP contribution is -2.27. The zero-order valence-electron chi connectivity index (χ0n) is 22.1. The third-order valence-electron chi connectivity index (χ3n) is 7.47. The second kappa shape index (κ2) is 10.8. The Bertz CT molecular complexity index is 2110. The van der Waals surface area contributed by atoms with E-state index in [1.54, 1.807) is 30.3 Å². The number of nitrogens with two attached hydrogens (primary N) is 2. The summed E-state index contributed by atoms with van der Waals surface area (Å²) in [5.74, 6) is -4.15. The molecule has 6 rings (SSSR count). The van der Waals surface area contributed by atoms with Crippen LogP contribution in [-0.2, 0) is 0 Å². The third-order valence-corrected chi connectivity index (χ3v) is 7.68. The van der Waals surface area contributed by atoms with Gasteiger partial charge in [0.05, 0.1) is 40.2 Å². The van der Waals surface area contributed by atoms with Gasteiger partial charge in [-0.3, -0.25) is 0 Å². The fourth-order valence-electron chi connectivity index (χ4n) is 5.39. The highest BCUT2D eigenvalue weighted by molar-refractivity contribution is 7.79. The maximum atomic E-state index is 15.3. The topological polar surface area (TPSA) is 125 Å². The molecule has 6 nitrogen and oxygen atoms in total. The largest absolute Gasteiger partial charge is 0.394 e. The highest BCUT2D eigenvalue weighted by Gasteiger charge is 2.31. The lowest BCUT2D eigenvalue weighted by Gasteiger charge is -2.28. The number of aromatic nitrogens is 1. The molecule has 1 aromatic heterocycles. The van der Waals surface area contributed by atoms with E-state index in [0.29, 0.717) is 44.6 Å². The number of thiol groups is 1. The summed E-state index contributed by atoms with van der Waals surface area (Å²) in [6, 6.07) is 23.6. The van der Waals surface area contributed by atoms with Crippen molar-refractivity contribution in [1.29, 1.82) is 10.5 Å². The fourth-order valence-corrected chi connectivity index (χ4v) is 5.62. The van der Waals surface area contributed by atoms with Crippen LogP contribution in [0.4, 0.5) is 18.9 Å². The maximum Gasteiger partial charge on any atom is 0.169 e. The molecule has 1 unspecified atom stereocenters. The minimum absolute atomic E-state index is 0.00286. The molecule has 4 aromatic carbocycles. The molecule has 0 bridgehead atoms. The van der Waals surface area contributed by atoms with Crippen LogP contribution in [0.25, 0.3) is 44.9 Å². The Hall–Kier alpha value is -5.42. The van der Waals surface area contributed by atoms with Crippen molar-refractivity contribution in [1.82, 2.24) is 4.98 Å². The smallest absolute Gasteiger partial charge is 0.169 e. The van der Waals surface area contributed by atoms with Crippen molar-refractivity contribution in [2.75, 3.05) is 5.73 Å². The van der Waals surface area contributed by atoms with Crippen LogP contribution in [0.1, 0.15) is 33.9 Å². The standard InChI is InChI=1S/C33H19F3N6S/c34-27-23(15-38)28(35)31(40)29(36)25(27)19-10-11-20-24(12-19)41-32(18-8-6-16(14-37)7-9-18)22-13-21(17-4-2-1-3-5-17)33(42-43)30(39)26(20)22/h1-13,30,43H,39-40H2/b42-33-. The van der Waals surface area contributed by atoms with Crippen molar-refractivity contribution in [3.05, 3.63) is 118 Å². The summed E-state index contributed by atoms with van der Waals surface area (Å²) < 4.78 is 49.0. The molecule has 0 saturated carbocycles. The molecular formula is C33H19F3N6S. The van der Waals surface area contributed by atoms with E-state index in [9.17, 15) is 14.9 Å². The van der Waals surface area contributed by atoms with E-state index >= 15 is 8.78 Å². The van der Waals surface area contributed by atoms with Gasteiger partial charge in [-0.15, -0.1) is 0 Å². The molecule has 1 atom stereocenters. The molecule has 208 valence electrons. The number of nitrogens with zero attached hydrogens (tertiary/aromatic N) is 4. The van der Waals surface area contributed by atoms with Crippen molar-refractivity contribution in [2.24, 2.45) is 10.1 Å². The minimum atomic E-state index is -1.46. The van der Waals surface area contributed by atoms with Gasteiger partial charge in [0, 0.05) is 22.1 Å². The van der Waals surface area contributed by atoms with Crippen molar-refractivity contribution in [3.8, 4) is 34.5 Å². The molecular weight excluding hydrogens is 569 g/mol. The average Bonchev–Trinajstić information content (AvgIpc) is 3.03. The van der Waals surface area contributed by atoms with Gasteiger partial charge in [-0.1, -0.05) is 54.6 Å². The number of rotatable bonds is 3. The van der Waals surface area contributed by atoms with Gasteiger partial charge in [-0.2, -0.15) is 10.5 Å². The second-order valence-corrected chi connectivity index (χ2v) is 10.0. The fraction of sp³-hybridized carbons (Fsp3) is 0.0303. The zero-order valence-corrected chi connectivity index (χ0v) is 23.0. The van der Waals surface area contributed by atoms with Crippen LogP contribution in [0.3, 0.4) is 0 Å². The predicted molar refractivity (Wildman–Crippen MR) is 164 cm³/mol. The van der Waals surface area contributed by atoms with Crippen LogP contribution in [0.5, 0.6) is 0 Å². The number of benzene rings is 4. The molecule has 1 aliphatic rings. The highest BCUT2D eigenvalue weighted by atomic mass is 32.1. The summed E-state index contributed by atoms with van der Waals surface area (Å²) >= 11 is 4.23. The first-order chi connectivity index (χ1) is 20.8. The van der Waals surface area contributed by atoms with E-state index < -0.39 is 40.3 Å². The van der Waals surface area contributed by atoms with Gasteiger partial charge in [0.15, 0.2) is 17.5 Å².